The van der Waals surface area contributed by atoms with Gasteiger partial charge in [0.05, 0.1) is 0 Å². The van der Waals surface area contributed by atoms with Crippen molar-refractivity contribution in [2.24, 2.45) is 0 Å². The van der Waals surface area contributed by atoms with Crippen LogP contribution in [0.25, 0.3) is 0 Å². The van der Waals surface area contributed by atoms with Gasteiger partial charge in [-0.05, 0) is 19.3 Å². The largest absolute Gasteiger partial charge is 0.344 e. The van der Waals surface area contributed by atoms with Crippen molar-refractivity contribution in [1.82, 2.24) is 0 Å². The molecule has 40 heavy (non-hydrogen) atoms. The first kappa shape index (κ1) is 48.0. The van der Waals surface area contributed by atoms with Crippen LogP contribution in [0.2, 0.25) is 0 Å². The van der Waals surface area contributed by atoms with E-state index in [1.165, 1.54) is 77.0 Å². The van der Waals surface area contributed by atoms with Crippen molar-refractivity contribution >= 4 is 22.1 Å². The molecule has 0 aliphatic rings. The Hall–Kier alpha value is 1.09. The van der Waals surface area contributed by atoms with Crippen molar-refractivity contribution in [2.45, 2.75) is 157 Å². The second-order valence-corrected chi connectivity index (χ2v) is 19.3. The fraction of sp³-hybridized carbons (Fsp3) is 1.00. The first-order chi connectivity index (χ1) is 18.4. The van der Waals surface area contributed by atoms with E-state index in [1.54, 1.807) is 20.8 Å². The zero-order chi connectivity index (χ0) is 30.5. The number of hydrogen-bond acceptors (Lipinski definition) is 3. The minimum absolute atomic E-state index is 0. The number of rotatable bonds is 24. The Morgan fingerprint density at radius 2 is 0.525 bits per heavy atom. The van der Waals surface area contributed by atoms with Crippen molar-refractivity contribution in [3.05, 3.63) is 0 Å². The molecule has 3 N–H and O–H groups in total. The molecule has 0 fully saturated rings. The van der Waals surface area contributed by atoms with E-state index in [4.69, 9.17) is 0 Å². The second kappa shape index (κ2) is 33.0. The third-order valence-corrected chi connectivity index (χ3v) is 13.1. The average molecular weight is 675 g/mol. The molecule has 10 heteroatoms. The van der Waals surface area contributed by atoms with Crippen LogP contribution in [-0.4, -0.2) is 51.7 Å². The first-order valence-electron chi connectivity index (χ1n) is 16.3. The van der Waals surface area contributed by atoms with Crippen LogP contribution in [0.5, 0.6) is 0 Å². The molecule has 3 unspecified atom stereocenters. The molecular weight excluding hydrogens is 605 g/mol. The molecule has 0 aromatic heterocycles. The van der Waals surface area contributed by atoms with Gasteiger partial charge in [-0.3, -0.25) is 13.7 Å². The van der Waals surface area contributed by atoms with Gasteiger partial charge >= 0.3 is 0 Å². The third-order valence-electron chi connectivity index (χ3n) is 7.07. The second-order valence-electron chi connectivity index (χ2n) is 11.0. The topological polar surface area (TPSA) is 112 Å². The average Bonchev–Trinajstić information content (AvgIpc) is 2.91. The van der Waals surface area contributed by atoms with Crippen molar-refractivity contribution < 1.29 is 45.4 Å². The molecule has 0 amide bonds. The van der Waals surface area contributed by atoms with Gasteiger partial charge in [-0.2, -0.15) is 0 Å². The summed E-state index contributed by atoms with van der Waals surface area (Å²) in [6, 6.07) is 0. The van der Waals surface area contributed by atoms with Crippen molar-refractivity contribution in [3.8, 4) is 0 Å². The maximum absolute atomic E-state index is 11.2. The zero-order valence-electron chi connectivity index (χ0n) is 27.2. The third kappa shape index (κ3) is 41.2. The van der Waals surface area contributed by atoms with Gasteiger partial charge in [-0.1, -0.05) is 138 Å². The van der Waals surface area contributed by atoms with E-state index < -0.39 is 22.1 Å². The SMILES string of the molecule is CCCCCCCCP(=O)(O)CC.CCCCCCCCP(=O)(O)CC.CCCCCCCCP(=O)(O)CC.[Fe]. The molecular formula is C30H69FeO6P3. The molecule has 0 aliphatic heterocycles. The maximum atomic E-state index is 11.2. The minimum atomic E-state index is -2.73. The summed E-state index contributed by atoms with van der Waals surface area (Å²) in [4.78, 5) is 27.8. The molecule has 248 valence electrons. The monoisotopic (exact) mass is 674 g/mol. The Bertz CT molecular complexity index is 563. The van der Waals surface area contributed by atoms with Crippen LogP contribution in [0.15, 0.2) is 0 Å². The van der Waals surface area contributed by atoms with Gasteiger partial charge in [0.25, 0.3) is 0 Å². The van der Waals surface area contributed by atoms with E-state index in [9.17, 15) is 28.4 Å². The Kier molecular flexibility index (Phi) is 39.6. The molecule has 0 bridgehead atoms. The van der Waals surface area contributed by atoms with Crippen LogP contribution in [0.4, 0.5) is 0 Å². The van der Waals surface area contributed by atoms with Crippen molar-refractivity contribution in [3.63, 3.8) is 0 Å². The Labute approximate surface area is 260 Å². The molecule has 0 saturated carbocycles. The number of unbranched alkanes of at least 4 members (excludes halogenated alkanes) is 15. The van der Waals surface area contributed by atoms with Gasteiger partial charge in [0.2, 0.25) is 0 Å². The van der Waals surface area contributed by atoms with E-state index in [1.807, 2.05) is 0 Å². The summed E-state index contributed by atoms with van der Waals surface area (Å²) < 4.78 is 33.7. The molecule has 6 nitrogen and oxygen atoms in total. The van der Waals surface area contributed by atoms with Crippen LogP contribution in [-0.2, 0) is 30.8 Å². The predicted molar refractivity (Wildman–Crippen MR) is 176 cm³/mol. The molecule has 0 rings (SSSR count). The Morgan fingerprint density at radius 3 is 0.700 bits per heavy atom. The summed E-state index contributed by atoms with van der Waals surface area (Å²) in [5.41, 5.74) is 0. The smallest absolute Gasteiger partial charge is 0.200 e. The Balaban J connectivity index is -0.000000240. The minimum Gasteiger partial charge on any atom is -0.344 e. The van der Waals surface area contributed by atoms with Crippen molar-refractivity contribution in [1.29, 1.82) is 0 Å². The van der Waals surface area contributed by atoms with E-state index in [-0.39, 0.29) is 17.1 Å². The van der Waals surface area contributed by atoms with E-state index >= 15 is 0 Å². The maximum Gasteiger partial charge on any atom is 0.200 e. The normalized spacial score (nSPS) is 15.2. The van der Waals surface area contributed by atoms with Crippen LogP contribution in [0, 0.1) is 0 Å². The summed E-state index contributed by atoms with van der Waals surface area (Å²) in [6.07, 6.45) is 24.1. The first-order valence-corrected chi connectivity index (χ1v) is 22.4. The Morgan fingerprint density at radius 1 is 0.350 bits per heavy atom. The predicted octanol–water partition coefficient (Wildman–Crippen LogP) is 10.9. The summed E-state index contributed by atoms with van der Waals surface area (Å²) >= 11 is 0. The van der Waals surface area contributed by atoms with Gasteiger partial charge in [-0.25, -0.2) is 0 Å². The quantitative estimate of drug-likeness (QED) is 0.0534. The van der Waals surface area contributed by atoms with Crippen LogP contribution >= 0.6 is 22.1 Å². The zero-order valence-corrected chi connectivity index (χ0v) is 31.0. The van der Waals surface area contributed by atoms with Gasteiger partial charge < -0.3 is 14.7 Å². The van der Waals surface area contributed by atoms with E-state index in [0.717, 1.165) is 38.5 Å². The fourth-order valence-electron chi connectivity index (χ4n) is 3.89. The van der Waals surface area contributed by atoms with Crippen molar-refractivity contribution in [2.75, 3.05) is 37.0 Å². The fourth-order valence-corrected chi connectivity index (χ4v) is 6.99. The summed E-state index contributed by atoms with van der Waals surface area (Å²) in [7, 11) is -8.19. The van der Waals surface area contributed by atoms with Gasteiger partial charge in [0.1, 0.15) is 0 Å². The molecule has 0 spiro atoms. The summed E-state index contributed by atoms with van der Waals surface area (Å²) in [6.45, 7) is 11.9. The van der Waals surface area contributed by atoms with Crippen LogP contribution in [0.1, 0.15) is 157 Å². The summed E-state index contributed by atoms with van der Waals surface area (Å²) in [5.74, 6) is 0. The van der Waals surface area contributed by atoms with Gasteiger partial charge in [0, 0.05) is 54.0 Å². The van der Waals surface area contributed by atoms with E-state index in [2.05, 4.69) is 20.8 Å². The molecule has 3 atom stereocenters. The molecule has 0 heterocycles. The molecule has 0 saturated heterocycles. The van der Waals surface area contributed by atoms with E-state index in [0.29, 0.717) is 37.0 Å². The molecule has 0 aliphatic carbocycles. The molecule has 0 radical (unpaired) electrons. The van der Waals surface area contributed by atoms with Gasteiger partial charge in [0.15, 0.2) is 22.1 Å². The number of hydrogen-bond donors (Lipinski definition) is 3. The van der Waals surface area contributed by atoms with Crippen LogP contribution in [0.3, 0.4) is 0 Å². The van der Waals surface area contributed by atoms with Gasteiger partial charge in [-0.15, -0.1) is 0 Å². The molecule has 0 aromatic rings. The molecule has 0 aromatic carbocycles. The standard InChI is InChI=1S/3C10H23O2P.Fe/c3*1-3-5-6-7-8-9-10-13(11,12)4-2;/h3*3-10H2,1-2H3,(H,11,12);. The summed E-state index contributed by atoms with van der Waals surface area (Å²) in [5, 5.41) is 0. The van der Waals surface area contributed by atoms with Crippen LogP contribution < -0.4 is 0 Å².